The van der Waals surface area contributed by atoms with E-state index in [0.717, 1.165) is 21.7 Å². The molecule has 2 N–H and O–H groups in total. The van der Waals surface area contributed by atoms with Crippen LogP contribution in [0, 0.1) is 12.8 Å². The molecule has 4 atom stereocenters. The number of benzene rings is 1. The molecule has 202 valence electrons. The average Bonchev–Trinajstić information content (AvgIpc) is 3.68. The number of amides is 2. The number of carbonyl (C=O) groups is 3. The first-order chi connectivity index (χ1) is 18.3. The molecule has 2 aromatic heterocycles. The second-order valence-corrected chi connectivity index (χ2v) is 10.3. The Kier molecular flexibility index (Phi) is 8.90. The SMILES string of the molecule is Cc1ncsc1-c1ccc([C@H](C)NC(=O)C2CCCN2C(=O)[C@@H](c2cc(OCC=O)no2)[C@@H](C)CO)cc1. The number of nitrogens with one attached hydrogen (secondary N) is 1. The van der Waals surface area contributed by atoms with Crippen LogP contribution in [0.1, 0.15) is 55.7 Å². The van der Waals surface area contributed by atoms with Gasteiger partial charge in [-0.05, 0) is 48.9 Å². The standard InChI is InChI=1S/C27H32N4O6S/c1-16(14-33)24(22-13-23(30-37-22)36-12-11-32)27(35)31-10-4-5-21(31)26(34)29-17(2)19-6-8-20(9-7-19)25-18(3)28-15-38-25/h6-9,11,13,15-17,21,24,33H,4-5,10,12,14H2,1-3H3,(H,29,34)/t16-,17-,21?,24+/m0/s1. The zero-order chi connectivity index (χ0) is 27.2. The highest BCUT2D eigenvalue weighted by molar-refractivity contribution is 7.13. The minimum absolute atomic E-state index is 0.0797. The van der Waals surface area contributed by atoms with Gasteiger partial charge in [-0.3, -0.25) is 14.4 Å². The minimum atomic E-state index is -0.852. The maximum Gasteiger partial charge on any atom is 0.254 e. The molecule has 1 saturated heterocycles. The third-order valence-corrected chi connectivity index (χ3v) is 7.83. The number of aryl methyl sites for hydroxylation is 1. The predicted octanol–water partition coefficient (Wildman–Crippen LogP) is 3.26. The van der Waals surface area contributed by atoms with Gasteiger partial charge < -0.3 is 24.6 Å². The lowest BCUT2D eigenvalue weighted by molar-refractivity contribution is -0.141. The zero-order valence-electron chi connectivity index (χ0n) is 21.6. The zero-order valence-corrected chi connectivity index (χ0v) is 22.4. The molecule has 11 heteroatoms. The number of aliphatic hydroxyl groups is 1. The van der Waals surface area contributed by atoms with Crippen LogP contribution in [0.5, 0.6) is 5.88 Å². The third-order valence-electron chi connectivity index (χ3n) is 6.85. The molecular formula is C27H32N4O6S. The molecule has 38 heavy (non-hydrogen) atoms. The number of likely N-dealkylation sites (tertiary alicyclic amines) is 1. The molecule has 1 aromatic carbocycles. The highest BCUT2D eigenvalue weighted by Crippen LogP contribution is 2.33. The van der Waals surface area contributed by atoms with Gasteiger partial charge in [-0.2, -0.15) is 0 Å². The van der Waals surface area contributed by atoms with Gasteiger partial charge in [0.15, 0.2) is 12.0 Å². The third kappa shape index (κ3) is 5.94. The first-order valence-corrected chi connectivity index (χ1v) is 13.5. The van der Waals surface area contributed by atoms with E-state index in [1.807, 2.05) is 43.6 Å². The predicted molar refractivity (Wildman–Crippen MR) is 141 cm³/mol. The van der Waals surface area contributed by atoms with E-state index < -0.39 is 17.9 Å². The Morgan fingerprint density at radius 1 is 1.32 bits per heavy atom. The van der Waals surface area contributed by atoms with Gasteiger partial charge in [0.25, 0.3) is 5.88 Å². The Morgan fingerprint density at radius 3 is 2.74 bits per heavy atom. The van der Waals surface area contributed by atoms with E-state index in [1.165, 1.54) is 6.07 Å². The molecule has 0 radical (unpaired) electrons. The Labute approximate surface area is 225 Å². The van der Waals surface area contributed by atoms with Crippen molar-refractivity contribution in [2.75, 3.05) is 19.8 Å². The van der Waals surface area contributed by atoms with E-state index in [2.05, 4.69) is 15.5 Å². The molecular weight excluding hydrogens is 508 g/mol. The van der Waals surface area contributed by atoms with Gasteiger partial charge in [-0.15, -0.1) is 11.3 Å². The van der Waals surface area contributed by atoms with Crippen LogP contribution in [0.4, 0.5) is 0 Å². The van der Waals surface area contributed by atoms with E-state index in [4.69, 9.17) is 9.26 Å². The molecule has 1 fully saturated rings. The fourth-order valence-corrected chi connectivity index (χ4v) is 5.55. The normalized spacial score (nSPS) is 17.6. The molecule has 3 heterocycles. The maximum atomic E-state index is 13.7. The maximum absolute atomic E-state index is 13.7. The summed E-state index contributed by atoms with van der Waals surface area (Å²) >= 11 is 1.59. The van der Waals surface area contributed by atoms with Crippen LogP contribution in [0.25, 0.3) is 10.4 Å². The van der Waals surface area contributed by atoms with Crippen molar-refractivity contribution in [3.63, 3.8) is 0 Å². The van der Waals surface area contributed by atoms with E-state index in [1.54, 1.807) is 23.2 Å². The number of ether oxygens (including phenoxy) is 1. The number of thiazole rings is 1. The van der Waals surface area contributed by atoms with Crippen LogP contribution in [0.2, 0.25) is 0 Å². The molecule has 0 spiro atoms. The molecule has 0 aliphatic carbocycles. The van der Waals surface area contributed by atoms with Gasteiger partial charge in [0, 0.05) is 19.2 Å². The number of rotatable bonds is 11. The number of aromatic nitrogens is 2. The monoisotopic (exact) mass is 540 g/mol. The van der Waals surface area contributed by atoms with Crippen molar-refractivity contribution in [3.8, 4) is 16.3 Å². The van der Waals surface area contributed by atoms with Gasteiger partial charge in [-0.25, -0.2) is 4.98 Å². The number of carbonyl (C=O) groups excluding carboxylic acids is 3. The van der Waals surface area contributed by atoms with Crippen molar-refractivity contribution in [3.05, 3.63) is 52.9 Å². The quantitative estimate of drug-likeness (QED) is 0.354. The van der Waals surface area contributed by atoms with Crippen molar-refractivity contribution < 1.29 is 28.8 Å². The van der Waals surface area contributed by atoms with Crippen LogP contribution in [0.3, 0.4) is 0 Å². The van der Waals surface area contributed by atoms with Gasteiger partial charge >= 0.3 is 0 Å². The first-order valence-electron chi connectivity index (χ1n) is 12.6. The van der Waals surface area contributed by atoms with Crippen LogP contribution in [-0.4, -0.2) is 64.0 Å². The van der Waals surface area contributed by atoms with Crippen LogP contribution >= 0.6 is 11.3 Å². The molecule has 0 bridgehead atoms. The molecule has 1 aliphatic heterocycles. The van der Waals surface area contributed by atoms with Crippen molar-refractivity contribution >= 4 is 29.4 Å². The first kappa shape index (κ1) is 27.5. The molecule has 1 unspecified atom stereocenters. The number of nitrogens with zero attached hydrogens (tertiary/aromatic N) is 3. The van der Waals surface area contributed by atoms with Crippen LogP contribution in [0.15, 0.2) is 40.4 Å². The topological polar surface area (TPSA) is 135 Å². The fourth-order valence-electron chi connectivity index (χ4n) is 4.73. The minimum Gasteiger partial charge on any atom is -0.468 e. The van der Waals surface area contributed by atoms with Crippen LogP contribution in [-0.2, 0) is 14.4 Å². The summed E-state index contributed by atoms with van der Waals surface area (Å²) in [6, 6.07) is 8.59. The van der Waals surface area contributed by atoms with Gasteiger partial charge in [-0.1, -0.05) is 31.2 Å². The van der Waals surface area contributed by atoms with Gasteiger partial charge in [0.1, 0.15) is 18.6 Å². The Balaban J connectivity index is 1.45. The lowest BCUT2D eigenvalue weighted by atomic mass is 9.90. The second kappa shape index (κ2) is 12.3. The summed E-state index contributed by atoms with van der Waals surface area (Å²) in [6.07, 6.45) is 1.81. The number of hydrogen-bond acceptors (Lipinski definition) is 9. The van der Waals surface area contributed by atoms with Crippen molar-refractivity contribution in [2.24, 2.45) is 5.92 Å². The highest BCUT2D eigenvalue weighted by atomic mass is 32.1. The van der Waals surface area contributed by atoms with E-state index in [9.17, 15) is 19.5 Å². The summed E-state index contributed by atoms with van der Waals surface area (Å²) < 4.78 is 10.5. The second-order valence-electron chi connectivity index (χ2n) is 9.49. The van der Waals surface area contributed by atoms with Crippen LogP contribution < -0.4 is 10.1 Å². The Hall–Kier alpha value is -3.57. The molecule has 2 amide bonds. The summed E-state index contributed by atoms with van der Waals surface area (Å²) in [5, 5.41) is 16.7. The van der Waals surface area contributed by atoms with E-state index in [0.29, 0.717) is 25.7 Å². The van der Waals surface area contributed by atoms with Crippen molar-refractivity contribution in [1.82, 2.24) is 20.4 Å². The van der Waals surface area contributed by atoms with Crippen molar-refractivity contribution in [2.45, 2.75) is 51.6 Å². The summed E-state index contributed by atoms with van der Waals surface area (Å²) in [5.74, 6) is -1.59. The molecule has 4 rings (SSSR count). The largest absolute Gasteiger partial charge is 0.468 e. The average molecular weight is 541 g/mol. The molecule has 0 saturated carbocycles. The van der Waals surface area contributed by atoms with Gasteiger partial charge in [0.2, 0.25) is 11.8 Å². The van der Waals surface area contributed by atoms with Crippen molar-refractivity contribution in [1.29, 1.82) is 0 Å². The van der Waals surface area contributed by atoms with E-state index in [-0.39, 0.29) is 42.7 Å². The highest BCUT2D eigenvalue weighted by Gasteiger charge is 2.41. The van der Waals surface area contributed by atoms with E-state index >= 15 is 0 Å². The number of aliphatic hydroxyl groups excluding tert-OH is 1. The lowest BCUT2D eigenvalue weighted by Gasteiger charge is -2.30. The summed E-state index contributed by atoms with van der Waals surface area (Å²) in [4.78, 5) is 44.5. The molecule has 10 nitrogen and oxygen atoms in total. The number of hydrogen-bond donors (Lipinski definition) is 2. The Bertz CT molecular complexity index is 1260. The summed E-state index contributed by atoms with van der Waals surface area (Å²) in [6.45, 7) is 5.58. The summed E-state index contributed by atoms with van der Waals surface area (Å²) in [7, 11) is 0. The van der Waals surface area contributed by atoms with Gasteiger partial charge in [0.05, 0.1) is 22.1 Å². The fraction of sp³-hybridized carbons (Fsp3) is 0.444. The Morgan fingerprint density at radius 2 is 2.08 bits per heavy atom. The summed E-state index contributed by atoms with van der Waals surface area (Å²) in [5.41, 5.74) is 4.84. The lowest BCUT2D eigenvalue weighted by Crippen LogP contribution is -2.48. The smallest absolute Gasteiger partial charge is 0.254 e. The number of aldehydes is 1. The molecule has 1 aliphatic rings. The molecule has 3 aromatic rings.